The highest BCUT2D eigenvalue weighted by atomic mass is 35.5. The smallest absolute Gasteiger partial charge is 0.0866 e. The van der Waals surface area contributed by atoms with E-state index in [0.29, 0.717) is 19.8 Å². The molecule has 1 unspecified atom stereocenters. The SMILES string of the molecule is CCC1=C(C)NC(COCCN)=C(CC)C1c1ccccc1Cl. The molecule has 23 heavy (non-hydrogen) atoms. The third-order valence-electron chi connectivity index (χ3n) is 4.39. The fourth-order valence-corrected chi connectivity index (χ4v) is 3.59. The van der Waals surface area contributed by atoms with Gasteiger partial charge in [-0.15, -0.1) is 0 Å². The van der Waals surface area contributed by atoms with E-state index in [1.165, 1.54) is 22.4 Å². The zero-order valence-electron chi connectivity index (χ0n) is 14.3. The number of hydrogen-bond acceptors (Lipinski definition) is 3. The van der Waals surface area contributed by atoms with Crippen LogP contribution in [0, 0.1) is 0 Å². The van der Waals surface area contributed by atoms with Gasteiger partial charge in [0.05, 0.1) is 13.2 Å². The summed E-state index contributed by atoms with van der Waals surface area (Å²) in [5, 5.41) is 4.37. The van der Waals surface area contributed by atoms with Gasteiger partial charge in [-0.2, -0.15) is 0 Å². The van der Waals surface area contributed by atoms with Crippen molar-refractivity contribution in [2.24, 2.45) is 5.73 Å². The van der Waals surface area contributed by atoms with Crippen LogP contribution >= 0.6 is 11.6 Å². The summed E-state index contributed by atoms with van der Waals surface area (Å²) in [6.07, 6.45) is 1.95. The molecule has 0 saturated carbocycles. The Morgan fingerprint density at radius 3 is 2.48 bits per heavy atom. The molecule has 0 spiro atoms. The molecule has 1 atom stereocenters. The number of rotatable bonds is 7. The number of nitrogens with two attached hydrogens (primary N) is 1. The average Bonchev–Trinajstić information content (AvgIpc) is 2.55. The molecule has 0 aromatic heterocycles. The fourth-order valence-electron chi connectivity index (χ4n) is 3.35. The molecule has 0 fully saturated rings. The number of benzene rings is 1. The van der Waals surface area contributed by atoms with E-state index in [2.05, 4.69) is 38.2 Å². The molecule has 3 nitrogen and oxygen atoms in total. The van der Waals surface area contributed by atoms with E-state index in [4.69, 9.17) is 22.1 Å². The van der Waals surface area contributed by atoms with E-state index in [-0.39, 0.29) is 5.92 Å². The summed E-state index contributed by atoms with van der Waals surface area (Å²) in [4.78, 5) is 0. The lowest BCUT2D eigenvalue weighted by atomic mass is 9.78. The van der Waals surface area contributed by atoms with Crippen LogP contribution in [0.25, 0.3) is 0 Å². The number of nitrogens with one attached hydrogen (secondary N) is 1. The van der Waals surface area contributed by atoms with Gasteiger partial charge in [-0.05, 0) is 42.5 Å². The molecule has 1 heterocycles. The normalized spacial score (nSPS) is 18.4. The molecular weight excluding hydrogens is 308 g/mol. The van der Waals surface area contributed by atoms with Crippen molar-refractivity contribution in [2.75, 3.05) is 19.8 Å². The summed E-state index contributed by atoms with van der Waals surface area (Å²) in [6, 6.07) is 8.15. The quantitative estimate of drug-likeness (QED) is 0.729. The Balaban J connectivity index is 2.46. The standard InChI is InChI=1S/C19H27ClN2O/c1-4-14-13(3)22-18(12-23-11-10-21)15(5-2)19(14)16-8-6-7-9-17(16)20/h6-9,19,22H,4-5,10-12,21H2,1-3H3. The van der Waals surface area contributed by atoms with Crippen LogP contribution < -0.4 is 11.1 Å². The molecule has 0 radical (unpaired) electrons. The van der Waals surface area contributed by atoms with Gasteiger partial charge >= 0.3 is 0 Å². The van der Waals surface area contributed by atoms with E-state index in [1.807, 2.05) is 12.1 Å². The zero-order valence-corrected chi connectivity index (χ0v) is 15.0. The van der Waals surface area contributed by atoms with Crippen molar-refractivity contribution in [2.45, 2.75) is 39.5 Å². The predicted molar refractivity (Wildman–Crippen MR) is 97.5 cm³/mol. The van der Waals surface area contributed by atoms with Crippen LogP contribution in [0.2, 0.25) is 5.02 Å². The molecule has 126 valence electrons. The van der Waals surface area contributed by atoms with Crippen molar-refractivity contribution in [1.29, 1.82) is 0 Å². The molecule has 0 saturated heterocycles. The van der Waals surface area contributed by atoms with E-state index >= 15 is 0 Å². The van der Waals surface area contributed by atoms with Crippen LogP contribution in [-0.2, 0) is 4.74 Å². The van der Waals surface area contributed by atoms with Gasteiger partial charge < -0.3 is 15.8 Å². The van der Waals surface area contributed by atoms with Crippen molar-refractivity contribution in [1.82, 2.24) is 5.32 Å². The maximum absolute atomic E-state index is 6.51. The maximum Gasteiger partial charge on any atom is 0.0866 e. The third-order valence-corrected chi connectivity index (χ3v) is 4.74. The fraction of sp³-hybridized carbons (Fsp3) is 0.474. The van der Waals surface area contributed by atoms with Gasteiger partial charge in [0, 0.05) is 28.9 Å². The van der Waals surface area contributed by atoms with Crippen LogP contribution in [0.5, 0.6) is 0 Å². The Labute approximate surface area is 144 Å². The van der Waals surface area contributed by atoms with Gasteiger partial charge in [0.1, 0.15) is 0 Å². The lowest BCUT2D eigenvalue weighted by Gasteiger charge is -2.33. The minimum Gasteiger partial charge on any atom is -0.374 e. The Morgan fingerprint density at radius 1 is 1.17 bits per heavy atom. The first-order chi connectivity index (χ1) is 11.1. The van der Waals surface area contributed by atoms with Crippen LogP contribution in [-0.4, -0.2) is 19.8 Å². The molecule has 1 aromatic rings. The number of dihydropyridines is 1. The molecule has 3 N–H and O–H groups in total. The van der Waals surface area contributed by atoms with E-state index in [1.54, 1.807) is 0 Å². The van der Waals surface area contributed by atoms with Gasteiger partial charge in [0.15, 0.2) is 0 Å². The molecular formula is C19H27ClN2O. The topological polar surface area (TPSA) is 47.3 Å². The lowest BCUT2D eigenvalue weighted by molar-refractivity contribution is 0.159. The van der Waals surface area contributed by atoms with Crippen molar-refractivity contribution >= 4 is 11.6 Å². The van der Waals surface area contributed by atoms with Gasteiger partial charge in [-0.3, -0.25) is 0 Å². The predicted octanol–water partition coefficient (Wildman–Crippen LogP) is 4.35. The summed E-state index contributed by atoms with van der Waals surface area (Å²) in [7, 11) is 0. The molecule has 0 amide bonds. The Morgan fingerprint density at radius 2 is 1.87 bits per heavy atom. The van der Waals surface area contributed by atoms with Gasteiger partial charge in [0.2, 0.25) is 0 Å². The van der Waals surface area contributed by atoms with Crippen molar-refractivity contribution in [3.05, 3.63) is 57.4 Å². The second-order valence-corrected chi connectivity index (χ2v) is 6.19. The largest absolute Gasteiger partial charge is 0.374 e. The summed E-state index contributed by atoms with van der Waals surface area (Å²) in [5.41, 5.74) is 11.8. The second kappa shape index (κ2) is 8.53. The summed E-state index contributed by atoms with van der Waals surface area (Å²) >= 11 is 6.51. The molecule has 2 rings (SSSR count). The van der Waals surface area contributed by atoms with Gasteiger partial charge in [-0.25, -0.2) is 0 Å². The molecule has 0 bridgehead atoms. The monoisotopic (exact) mass is 334 g/mol. The average molecular weight is 335 g/mol. The molecule has 1 aliphatic heterocycles. The highest BCUT2D eigenvalue weighted by Crippen LogP contribution is 2.43. The van der Waals surface area contributed by atoms with Gasteiger partial charge in [0.25, 0.3) is 0 Å². The first-order valence-corrected chi connectivity index (χ1v) is 8.72. The van der Waals surface area contributed by atoms with Crippen LogP contribution in [0.3, 0.4) is 0 Å². The Bertz CT molecular complexity index is 607. The van der Waals surface area contributed by atoms with Crippen LogP contribution in [0.4, 0.5) is 0 Å². The van der Waals surface area contributed by atoms with Crippen molar-refractivity contribution in [3.63, 3.8) is 0 Å². The van der Waals surface area contributed by atoms with E-state index in [0.717, 1.165) is 23.6 Å². The highest BCUT2D eigenvalue weighted by molar-refractivity contribution is 6.31. The Kier molecular flexibility index (Phi) is 6.70. The first-order valence-electron chi connectivity index (χ1n) is 8.34. The second-order valence-electron chi connectivity index (χ2n) is 5.78. The first kappa shape index (κ1) is 18.1. The van der Waals surface area contributed by atoms with Crippen molar-refractivity contribution in [3.8, 4) is 0 Å². The van der Waals surface area contributed by atoms with Crippen LogP contribution in [0.15, 0.2) is 46.8 Å². The molecule has 4 heteroatoms. The number of ether oxygens (including phenoxy) is 1. The summed E-state index contributed by atoms with van der Waals surface area (Å²) in [6.45, 7) is 8.21. The lowest BCUT2D eigenvalue weighted by Crippen LogP contribution is -2.28. The van der Waals surface area contributed by atoms with E-state index < -0.39 is 0 Å². The molecule has 1 aromatic carbocycles. The number of halogens is 1. The number of hydrogen-bond donors (Lipinski definition) is 2. The highest BCUT2D eigenvalue weighted by Gasteiger charge is 2.29. The number of allylic oxidation sites excluding steroid dienone is 3. The third kappa shape index (κ3) is 3.97. The maximum atomic E-state index is 6.51. The Hall–Kier alpha value is -1.29. The van der Waals surface area contributed by atoms with Crippen LogP contribution in [0.1, 0.15) is 45.1 Å². The van der Waals surface area contributed by atoms with E-state index in [9.17, 15) is 0 Å². The zero-order chi connectivity index (χ0) is 16.8. The minimum absolute atomic E-state index is 0.233. The van der Waals surface area contributed by atoms with Crippen molar-refractivity contribution < 1.29 is 4.74 Å². The summed E-state index contributed by atoms with van der Waals surface area (Å²) in [5.74, 6) is 0.233. The minimum atomic E-state index is 0.233. The molecule has 0 aliphatic carbocycles. The molecule has 1 aliphatic rings. The van der Waals surface area contributed by atoms with Gasteiger partial charge in [-0.1, -0.05) is 43.6 Å². The summed E-state index contributed by atoms with van der Waals surface area (Å²) < 4.78 is 5.69.